The maximum absolute atomic E-state index is 12.0. The van der Waals surface area contributed by atoms with Crippen molar-refractivity contribution in [3.05, 3.63) is 59.7 Å². The second-order valence-corrected chi connectivity index (χ2v) is 8.98. The standard InChI is InChI=1S/C21H24N2O5S/c1-2-27-20-12-17(8-9-19(20)28-14-16-6-4-3-5-7-16)13-22-23-21(24)18-10-11-29(25,26)15-18/h3-9,12-13,18H,2,10-11,14-15H2,1H3,(H,23,24)/b22-13-/t18-/m0/s1. The van der Waals surface area contributed by atoms with Crippen molar-refractivity contribution < 1.29 is 22.7 Å². The molecule has 154 valence electrons. The summed E-state index contributed by atoms with van der Waals surface area (Å²) < 4.78 is 34.5. The maximum Gasteiger partial charge on any atom is 0.244 e. The summed E-state index contributed by atoms with van der Waals surface area (Å²) in [5.41, 5.74) is 4.19. The van der Waals surface area contributed by atoms with Crippen LogP contribution in [0.25, 0.3) is 0 Å². The number of carbonyl (C=O) groups is 1. The molecule has 1 fully saturated rings. The Kier molecular flexibility index (Phi) is 6.87. The molecule has 1 heterocycles. The first kappa shape index (κ1) is 20.9. The average Bonchev–Trinajstić information content (AvgIpc) is 3.08. The van der Waals surface area contributed by atoms with Gasteiger partial charge in [-0.1, -0.05) is 30.3 Å². The van der Waals surface area contributed by atoms with Gasteiger partial charge >= 0.3 is 0 Å². The summed E-state index contributed by atoms with van der Waals surface area (Å²) in [5.74, 6) is 0.224. The molecule has 0 spiro atoms. The molecule has 2 aromatic rings. The number of benzene rings is 2. The molecule has 1 N–H and O–H groups in total. The van der Waals surface area contributed by atoms with Crippen molar-refractivity contribution in [1.82, 2.24) is 5.43 Å². The molecule has 0 unspecified atom stereocenters. The van der Waals surface area contributed by atoms with Gasteiger partial charge in [-0.05, 0) is 42.7 Å². The van der Waals surface area contributed by atoms with Gasteiger partial charge in [0.15, 0.2) is 21.3 Å². The van der Waals surface area contributed by atoms with Crippen LogP contribution in [0.15, 0.2) is 53.6 Å². The predicted molar refractivity (Wildman–Crippen MR) is 111 cm³/mol. The molecule has 0 aliphatic carbocycles. The van der Waals surface area contributed by atoms with Crippen LogP contribution in [-0.2, 0) is 21.2 Å². The second kappa shape index (κ2) is 9.56. The number of carbonyl (C=O) groups excluding carboxylic acids is 1. The fourth-order valence-electron chi connectivity index (χ4n) is 2.99. The number of hydrazone groups is 1. The number of hydrogen-bond donors (Lipinski definition) is 1. The van der Waals surface area contributed by atoms with Gasteiger partial charge in [-0.3, -0.25) is 4.79 Å². The normalized spacial score (nSPS) is 17.9. The van der Waals surface area contributed by atoms with Crippen LogP contribution in [0, 0.1) is 5.92 Å². The summed E-state index contributed by atoms with van der Waals surface area (Å²) >= 11 is 0. The van der Waals surface area contributed by atoms with E-state index in [1.165, 1.54) is 6.21 Å². The van der Waals surface area contributed by atoms with Gasteiger partial charge in [0.25, 0.3) is 0 Å². The molecule has 1 atom stereocenters. The molecule has 0 saturated carbocycles. The second-order valence-electron chi connectivity index (χ2n) is 6.75. The molecule has 1 saturated heterocycles. The molecule has 8 heteroatoms. The fraction of sp³-hybridized carbons (Fsp3) is 0.333. The van der Waals surface area contributed by atoms with Crippen molar-refractivity contribution in [2.45, 2.75) is 20.0 Å². The number of hydrogen-bond acceptors (Lipinski definition) is 6. The topological polar surface area (TPSA) is 94.1 Å². The van der Waals surface area contributed by atoms with Gasteiger partial charge in [0.05, 0.1) is 30.2 Å². The van der Waals surface area contributed by atoms with Crippen molar-refractivity contribution in [3.63, 3.8) is 0 Å². The minimum atomic E-state index is -3.10. The zero-order chi connectivity index (χ0) is 20.7. The molecule has 29 heavy (non-hydrogen) atoms. The van der Waals surface area contributed by atoms with E-state index in [0.717, 1.165) is 11.1 Å². The number of amides is 1. The van der Waals surface area contributed by atoms with Gasteiger partial charge in [0.2, 0.25) is 5.91 Å². The van der Waals surface area contributed by atoms with E-state index in [0.29, 0.717) is 31.1 Å². The van der Waals surface area contributed by atoms with Crippen LogP contribution in [-0.4, -0.2) is 38.7 Å². The SMILES string of the molecule is CCOc1cc(/C=N\NC(=O)[C@H]2CCS(=O)(=O)C2)ccc1OCc1ccccc1. The Morgan fingerprint density at radius 3 is 2.66 bits per heavy atom. The van der Waals surface area contributed by atoms with Gasteiger partial charge in [-0.2, -0.15) is 5.10 Å². The summed E-state index contributed by atoms with van der Waals surface area (Å²) in [4.78, 5) is 12.0. The van der Waals surface area contributed by atoms with Crippen molar-refractivity contribution in [3.8, 4) is 11.5 Å². The minimum Gasteiger partial charge on any atom is -0.490 e. The van der Waals surface area contributed by atoms with Crippen LogP contribution in [0.5, 0.6) is 11.5 Å². The molecular formula is C21H24N2O5S. The smallest absolute Gasteiger partial charge is 0.244 e. The summed E-state index contributed by atoms with van der Waals surface area (Å²) in [6.07, 6.45) is 1.83. The van der Waals surface area contributed by atoms with Gasteiger partial charge in [0, 0.05) is 0 Å². The summed E-state index contributed by atoms with van der Waals surface area (Å²) in [6.45, 7) is 2.79. The van der Waals surface area contributed by atoms with Crippen molar-refractivity contribution in [1.29, 1.82) is 0 Å². The van der Waals surface area contributed by atoms with E-state index < -0.39 is 15.8 Å². The van der Waals surface area contributed by atoms with Gasteiger partial charge in [-0.15, -0.1) is 0 Å². The minimum absolute atomic E-state index is 0.0525. The number of nitrogens with one attached hydrogen (secondary N) is 1. The third-order valence-electron chi connectivity index (χ3n) is 4.50. The monoisotopic (exact) mass is 416 g/mol. The Hall–Kier alpha value is -2.87. The molecule has 1 aliphatic heterocycles. The Morgan fingerprint density at radius 1 is 1.17 bits per heavy atom. The number of rotatable bonds is 8. The number of nitrogens with zero attached hydrogens (tertiary/aromatic N) is 1. The van der Waals surface area contributed by atoms with Crippen LogP contribution in [0.4, 0.5) is 0 Å². The molecule has 0 radical (unpaired) electrons. The fourth-order valence-corrected chi connectivity index (χ4v) is 4.73. The molecule has 2 aromatic carbocycles. The summed E-state index contributed by atoms with van der Waals surface area (Å²) in [5, 5.41) is 3.94. The first-order valence-electron chi connectivity index (χ1n) is 9.44. The Labute approximate surface area is 170 Å². The van der Waals surface area contributed by atoms with Crippen molar-refractivity contribution >= 4 is 22.0 Å². The first-order valence-corrected chi connectivity index (χ1v) is 11.3. The highest BCUT2D eigenvalue weighted by molar-refractivity contribution is 7.91. The molecule has 3 rings (SSSR count). The van der Waals surface area contributed by atoms with Crippen molar-refractivity contribution in [2.24, 2.45) is 11.0 Å². The van der Waals surface area contributed by atoms with Gasteiger partial charge in [0.1, 0.15) is 6.61 Å². The lowest BCUT2D eigenvalue weighted by Crippen LogP contribution is -2.27. The van der Waals surface area contributed by atoms with Gasteiger partial charge < -0.3 is 9.47 Å². The third kappa shape index (κ3) is 6.05. The highest BCUT2D eigenvalue weighted by atomic mass is 32.2. The Bertz CT molecular complexity index is 974. The predicted octanol–water partition coefficient (Wildman–Crippen LogP) is 2.55. The average molecular weight is 416 g/mol. The highest BCUT2D eigenvalue weighted by Gasteiger charge is 2.32. The van der Waals surface area contributed by atoms with E-state index in [4.69, 9.17) is 9.47 Å². The van der Waals surface area contributed by atoms with E-state index >= 15 is 0 Å². The summed E-state index contributed by atoms with van der Waals surface area (Å²) in [7, 11) is -3.10. The van der Waals surface area contributed by atoms with E-state index in [2.05, 4.69) is 10.5 Å². The van der Waals surface area contributed by atoms with Gasteiger partial charge in [-0.25, -0.2) is 13.8 Å². The lowest BCUT2D eigenvalue weighted by Gasteiger charge is -2.12. The zero-order valence-electron chi connectivity index (χ0n) is 16.2. The van der Waals surface area contributed by atoms with Crippen molar-refractivity contribution in [2.75, 3.05) is 18.1 Å². The molecule has 7 nitrogen and oxygen atoms in total. The van der Waals surface area contributed by atoms with E-state index in [1.54, 1.807) is 18.2 Å². The highest BCUT2D eigenvalue weighted by Crippen LogP contribution is 2.29. The van der Waals surface area contributed by atoms with E-state index in [-0.39, 0.29) is 17.4 Å². The first-order chi connectivity index (χ1) is 14.0. The van der Waals surface area contributed by atoms with Crippen LogP contribution in [0.3, 0.4) is 0 Å². The zero-order valence-corrected chi connectivity index (χ0v) is 17.0. The molecule has 1 amide bonds. The third-order valence-corrected chi connectivity index (χ3v) is 6.26. The lowest BCUT2D eigenvalue weighted by molar-refractivity contribution is -0.124. The quantitative estimate of drug-likeness (QED) is 0.527. The van der Waals surface area contributed by atoms with Crippen LogP contribution in [0.2, 0.25) is 0 Å². The van der Waals surface area contributed by atoms with Crippen LogP contribution < -0.4 is 14.9 Å². The molecular weight excluding hydrogens is 392 g/mol. The number of sulfone groups is 1. The van der Waals surface area contributed by atoms with Crippen LogP contribution in [0.1, 0.15) is 24.5 Å². The Balaban J connectivity index is 1.61. The molecule has 0 bridgehead atoms. The Morgan fingerprint density at radius 2 is 1.97 bits per heavy atom. The summed E-state index contributed by atoms with van der Waals surface area (Å²) in [6, 6.07) is 15.2. The van der Waals surface area contributed by atoms with E-state index in [9.17, 15) is 13.2 Å². The van der Waals surface area contributed by atoms with Crippen LogP contribution >= 0.6 is 0 Å². The largest absolute Gasteiger partial charge is 0.490 e. The molecule has 0 aromatic heterocycles. The van der Waals surface area contributed by atoms with E-state index in [1.807, 2.05) is 37.3 Å². The lowest BCUT2D eigenvalue weighted by atomic mass is 10.1. The maximum atomic E-state index is 12.0. The molecule has 1 aliphatic rings. The number of ether oxygens (including phenoxy) is 2.